The molecule has 4 nitrogen and oxygen atoms in total. The minimum absolute atomic E-state index is 0.268. The smallest absolute Gasteiger partial charge is 0.363 e. The van der Waals surface area contributed by atoms with Gasteiger partial charge in [0.05, 0.1) is 0 Å². The van der Waals surface area contributed by atoms with Crippen molar-refractivity contribution in [1.29, 1.82) is 0 Å². The van der Waals surface area contributed by atoms with E-state index >= 15 is 0 Å². The number of nitrogens with zero attached hydrogens (tertiary/aromatic N) is 1. The maximum absolute atomic E-state index is 12.4. The molecule has 0 saturated heterocycles. The van der Waals surface area contributed by atoms with Gasteiger partial charge in [-0.05, 0) is 64.7 Å². The Morgan fingerprint density at radius 3 is 2.24 bits per heavy atom. The number of cyclic esters (lactones) is 1. The van der Waals surface area contributed by atoms with Crippen LogP contribution in [0.15, 0.2) is 118 Å². The van der Waals surface area contributed by atoms with Crippen LogP contribution >= 0.6 is 15.9 Å². The Morgan fingerprint density at radius 2 is 1.50 bits per heavy atom. The fourth-order valence-corrected chi connectivity index (χ4v) is 4.03. The molecule has 5 rings (SSSR count). The topological polar surface area (TPSA) is 47.9 Å². The first-order valence-electron chi connectivity index (χ1n) is 10.8. The van der Waals surface area contributed by atoms with Crippen molar-refractivity contribution in [2.24, 2.45) is 4.99 Å². The number of ether oxygens (including phenoxy) is 2. The van der Waals surface area contributed by atoms with Gasteiger partial charge in [-0.15, -0.1) is 0 Å². The van der Waals surface area contributed by atoms with Crippen molar-refractivity contribution in [3.8, 4) is 16.9 Å². The lowest BCUT2D eigenvalue weighted by atomic mass is 10.0. The molecule has 1 aliphatic rings. The molecule has 34 heavy (non-hydrogen) atoms. The summed E-state index contributed by atoms with van der Waals surface area (Å²) in [7, 11) is 0. The predicted octanol–water partition coefficient (Wildman–Crippen LogP) is 7.04. The summed E-state index contributed by atoms with van der Waals surface area (Å²) in [6.45, 7) is 0.475. The van der Waals surface area contributed by atoms with E-state index in [1.165, 1.54) is 0 Å². The maximum atomic E-state index is 12.4. The minimum atomic E-state index is -0.461. The molecule has 0 atom stereocenters. The zero-order chi connectivity index (χ0) is 23.3. The van der Waals surface area contributed by atoms with E-state index in [0.717, 1.165) is 38.0 Å². The van der Waals surface area contributed by atoms with Gasteiger partial charge in [0.15, 0.2) is 5.70 Å². The molecule has 4 aromatic rings. The highest BCUT2D eigenvalue weighted by atomic mass is 79.9. The molecule has 0 spiro atoms. The predicted molar refractivity (Wildman–Crippen MR) is 137 cm³/mol. The summed E-state index contributed by atoms with van der Waals surface area (Å²) in [6.07, 6.45) is 1.71. The van der Waals surface area contributed by atoms with E-state index in [-0.39, 0.29) is 5.70 Å². The SMILES string of the molecule is O=C1OC(c2ccc(-c3ccccc3)cc2)=N/C1=C\c1ccc(OCc2cccc(Br)c2)cc1. The van der Waals surface area contributed by atoms with Gasteiger partial charge in [-0.3, -0.25) is 0 Å². The largest absolute Gasteiger partial charge is 0.489 e. The second kappa shape index (κ2) is 9.89. The van der Waals surface area contributed by atoms with Crippen LogP contribution in [0.25, 0.3) is 17.2 Å². The van der Waals surface area contributed by atoms with E-state index in [1.54, 1.807) is 6.08 Å². The summed E-state index contributed by atoms with van der Waals surface area (Å²) in [4.78, 5) is 16.8. The van der Waals surface area contributed by atoms with E-state index in [4.69, 9.17) is 9.47 Å². The van der Waals surface area contributed by atoms with Gasteiger partial charge in [-0.2, -0.15) is 0 Å². The molecule has 0 fully saturated rings. The van der Waals surface area contributed by atoms with Crippen molar-refractivity contribution in [2.45, 2.75) is 6.61 Å². The van der Waals surface area contributed by atoms with Gasteiger partial charge < -0.3 is 9.47 Å². The summed E-state index contributed by atoms with van der Waals surface area (Å²) in [5, 5.41) is 0. The van der Waals surface area contributed by atoms with Crippen molar-refractivity contribution in [2.75, 3.05) is 0 Å². The molecule has 0 saturated carbocycles. The molecule has 1 heterocycles. The zero-order valence-corrected chi connectivity index (χ0v) is 19.7. The Hall–Kier alpha value is -3.96. The second-order valence-electron chi connectivity index (χ2n) is 7.77. The quantitative estimate of drug-likeness (QED) is 0.207. The number of carbonyl (C=O) groups is 1. The molecule has 4 aromatic carbocycles. The standard InChI is InChI=1S/C29H20BrNO3/c30-25-8-4-5-21(17-25)19-33-26-15-9-20(10-16-26)18-27-29(32)34-28(31-27)24-13-11-23(12-14-24)22-6-2-1-3-7-22/h1-18H,19H2/b27-18-. The zero-order valence-electron chi connectivity index (χ0n) is 18.1. The van der Waals surface area contributed by atoms with Crippen LogP contribution in [0.1, 0.15) is 16.7 Å². The molecule has 5 heteroatoms. The van der Waals surface area contributed by atoms with E-state index in [1.807, 2.05) is 91.0 Å². The number of hydrogen-bond donors (Lipinski definition) is 0. The summed E-state index contributed by atoms with van der Waals surface area (Å²) >= 11 is 3.47. The fraction of sp³-hybridized carbons (Fsp3) is 0.0345. The van der Waals surface area contributed by atoms with Gasteiger partial charge >= 0.3 is 5.97 Å². The van der Waals surface area contributed by atoms with Crippen LogP contribution in [0.3, 0.4) is 0 Å². The van der Waals surface area contributed by atoms with Gasteiger partial charge in [0.2, 0.25) is 5.90 Å². The summed E-state index contributed by atoms with van der Waals surface area (Å²) < 4.78 is 12.3. The first kappa shape index (κ1) is 21.9. The van der Waals surface area contributed by atoms with Crippen molar-refractivity contribution in [3.63, 3.8) is 0 Å². The maximum Gasteiger partial charge on any atom is 0.363 e. The number of benzene rings is 4. The third-order valence-corrected chi connectivity index (χ3v) is 5.83. The third-order valence-electron chi connectivity index (χ3n) is 5.34. The highest BCUT2D eigenvalue weighted by Crippen LogP contribution is 2.24. The minimum Gasteiger partial charge on any atom is -0.489 e. The van der Waals surface area contributed by atoms with Crippen LogP contribution in [0.2, 0.25) is 0 Å². The molecule has 0 bridgehead atoms. The molecular weight excluding hydrogens is 490 g/mol. The van der Waals surface area contributed by atoms with Crippen LogP contribution in [0, 0.1) is 0 Å². The van der Waals surface area contributed by atoms with Crippen molar-refractivity contribution < 1.29 is 14.3 Å². The van der Waals surface area contributed by atoms with Gasteiger partial charge in [0.25, 0.3) is 0 Å². The van der Waals surface area contributed by atoms with E-state index in [9.17, 15) is 4.79 Å². The second-order valence-corrected chi connectivity index (χ2v) is 8.68. The first-order chi connectivity index (χ1) is 16.6. The number of aliphatic imine (C=N–C) groups is 1. The lowest BCUT2D eigenvalue weighted by Crippen LogP contribution is -2.05. The molecule has 0 amide bonds. The Balaban J connectivity index is 1.27. The van der Waals surface area contributed by atoms with Crippen LogP contribution in [0.4, 0.5) is 0 Å². The van der Waals surface area contributed by atoms with Gasteiger partial charge in [-0.1, -0.05) is 82.7 Å². The molecule has 1 aliphatic heterocycles. The molecule has 0 unspecified atom stereocenters. The number of esters is 1. The average molecular weight is 510 g/mol. The lowest BCUT2D eigenvalue weighted by Gasteiger charge is -2.07. The van der Waals surface area contributed by atoms with Gasteiger partial charge in [0.1, 0.15) is 12.4 Å². The molecule has 0 aliphatic carbocycles. The van der Waals surface area contributed by atoms with E-state index in [0.29, 0.717) is 12.5 Å². The fourth-order valence-electron chi connectivity index (χ4n) is 3.58. The van der Waals surface area contributed by atoms with E-state index < -0.39 is 5.97 Å². The van der Waals surface area contributed by atoms with E-state index in [2.05, 4.69) is 33.1 Å². The van der Waals surface area contributed by atoms with Crippen LogP contribution in [-0.4, -0.2) is 11.9 Å². The van der Waals surface area contributed by atoms with Crippen LogP contribution in [-0.2, 0) is 16.1 Å². The molecule has 166 valence electrons. The van der Waals surface area contributed by atoms with Crippen LogP contribution in [0.5, 0.6) is 5.75 Å². The van der Waals surface area contributed by atoms with Crippen molar-refractivity contribution >= 4 is 33.9 Å². The Kier molecular flexibility index (Phi) is 6.36. The number of halogens is 1. The Bertz CT molecular complexity index is 1380. The normalized spacial score (nSPS) is 14.1. The summed E-state index contributed by atoms with van der Waals surface area (Å²) in [5.41, 5.74) is 5.16. The van der Waals surface area contributed by atoms with Crippen molar-refractivity contribution in [1.82, 2.24) is 0 Å². The van der Waals surface area contributed by atoms with Crippen LogP contribution < -0.4 is 4.74 Å². The Morgan fingerprint density at radius 1 is 0.794 bits per heavy atom. The number of rotatable bonds is 6. The molecule has 0 radical (unpaired) electrons. The van der Waals surface area contributed by atoms with Gasteiger partial charge in [-0.25, -0.2) is 9.79 Å². The third kappa shape index (κ3) is 5.16. The molecular formula is C29H20BrNO3. The highest BCUT2D eigenvalue weighted by Gasteiger charge is 2.24. The van der Waals surface area contributed by atoms with Crippen molar-refractivity contribution in [3.05, 3.63) is 130 Å². The molecule has 0 aromatic heterocycles. The summed E-state index contributed by atoms with van der Waals surface area (Å²) in [5.74, 6) is 0.598. The lowest BCUT2D eigenvalue weighted by molar-refractivity contribution is -0.129. The number of carbonyl (C=O) groups excluding carboxylic acids is 1. The highest BCUT2D eigenvalue weighted by molar-refractivity contribution is 9.10. The average Bonchev–Trinajstić information content (AvgIpc) is 3.24. The summed E-state index contributed by atoms with van der Waals surface area (Å²) in [6, 6.07) is 33.4. The van der Waals surface area contributed by atoms with Gasteiger partial charge in [0, 0.05) is 10.0 Å². The number of hydrogen-bond acceptors (Lipinski definition) is 4. The monoisotopic (exact) mass is 509 g/mol. The first-order valence-corrected chi connectivity index (χ1v) is 11.6. The molecule has 0 N–H and O–H groups in total. The Labute approximate surface area is 206 Å².